The molecule has 0 heterocycles. The third-order valence-corrected chi connectivity index (χ3v) is 4.38. The lowest BCUT2D eigenvalue weighted by Gasteiger charge is -2.17. The lowest BCUT2D eigenvalue weighted by atomic mass is 10.2. The maximum Gasteiger partial charge on any atom is 0.338 e. The minimum Gasteiger partial charge on any atom is -0.461 e. The van der Waals surface area contributed by atoms with E-state index >= 15 is 0 Å². The second-order valence-electron chi connectivity index (χ2n) is 6.34. The maximum absolute atomic E-state index is 12.1. The molecule has 8 heteroatoms. The zero-order valence-electron chi connectivity index (χ0n) is 17.2. The highest BCUT2D eigenvalue weighted by Gasteiger charge is 2.10. The molecule has 2 aromatic rings. The molecule has 2 amide bonds. The predicted octanol–water partition coefficient (Wildman–Crippen LogP) is 2.98. The van der Waals surface area contributed by atoms with Gasteiger partial charge in [0.15, 0.2) is 0 Å². The van der Waals surface area contributed by atoms with Crippen molar-refractivity contribution in [3.8, 4) is 0 Å². The summed E-state index contributed by atoms with van der Waals surface area (Å²) in [4.78, 5) is 38.2. The number of rotatable bonds is 10. The van der Waals surface area contributed by atoms with Crippen LogP contribution in [0, 0.1) is 0 Å². The van der Waals surface area contributed by atoms with Crippen LogP contribution in [-0.4, -0.2) is 55.5 Å². The van der Waals surface area contributed by atoms with Crippen molar-refractivity contribution in [1.82, 2.24) is 10.2 Å². The summed E-state index contributed by atoms with van der Waals surface area (Å²) in [7, 11) is 0. The minimum absolute atomic E-state index is 0. The molecule has 0 saturated carbocycles. The molecule has 0 aliphatic carbocycles. The molecule has 0 fully saturated rings. The van der Waals surface area contributed by atoms with Gasteiger partial charge in [-0.2, -0.15) is 0 Å². The molecule has 0 unspecified atom stereocenters. The molecule has 7 nitrogen and oxygen atoms in total. The number of anilines is 1. The van der Waals surface area contributed by atoms with E-state index in [1.54, 1.807) is 48.5 Å². The lowest BCUT2D eigenvalue weighted by Crippen LogP contribution is -2.32. The number of likely N-dealkylation sites (N-methyl/N-ethyl adjacent to an activating group) is 1. The topological polar surface area (TPSA) is 87.7 Å². The SMILES string of the molecule is CCN(CC)CCOC(=O)c1ccc(NC(=O)CNC(=O)c2ccccc2)cc1.Cl. The van der Waals surface area contributed by atoms with E-state index in [2.05, 4.69) is 29.4 Å². The second-order valence-corrected chi connectivity index (χ2v) is 6.34. The lowest BCUT2D eigenvalue weighted by molar-refractivity contribution is -0.115. The van der Waals surface area contributed by atoms with E-state index in [4.69, 9.17) is 4.74 Å². The smallest absolute Gasteiger partial charge is 0.338 e. The van der Waals surface area contributed by atoms with Gasteiger partial charge in [0, 0.05) is 17.8 Å². The van der Waals surface area contributed by atoms with Crippen LogP contribution in [0.5, 0.6) is 0 Å². The Morgan fingerprint density at radius 2 is 1.53 bits per heavy atom. The molecule has 2 N–H and O–H groups in total. The Balaban J connectivity index is 0.00000450. The largest absolute Gasteiger partial charge is 0.461 e. The van der Waals surface area contributed by atoms with Gasteiger partial charge in [0.2, 0.25) is 5.91 Å². The van der Waals surface area contributed by atoms with Crippen LogP contribution in [0.2, 0.25) is 0 Å². The van der Waals surface area contributed by atoms with E-state index in [0.717, 1.165) is 13.1 Å². The molecular weight excluding hydrogens is 406 g/mol. The third kappa shape index (κ3) is 8.23. The van der Waals surface area contributed by atoms with Crippen LogP contribution in [0.25, 0.3) is 0 Å². The van der Waals surface area contributed by atoms with E-state index in [0.29, 0.717) is 30.0 Å². The van der Waals surface area contributed by atoms with Crippen LogP contribution >= 0.6 is 12.4 Å². The molecule has 0 aliphatic rings. The monoisotopic (exact) mass is 433 g/mol. The van der Waals surface area contributed by atoms with Crippen molar-refractivity contribution in [3.63, 3.8) is 0 Å². The molecular formula is C22H28ClN3O4. The summed E-state index contributed by atoms with van der Waals surface area (Å²) in [6.07, 6.45) is 0. The molecule has 162 valence electrons. The Labute approximate surface area is 183 Å². The number of halogens is 1. The number of amides is 2. The van der Waals surface area contributed by atoms with E-state index in [-0.39, 0.29) is 30.8 Å². The van der Waals surface area contributed by atoms with E-state index in [1.165, 1.54) is 0 Å². The van der Waals surface area contributed by atoms with Crippen molar-refractivity contribution in [2.75, 3.05) is 38.1 Å². The maximum atomic E-state index is 12.1. The number of hydrogen-bond acceptors (Lipinski definition) is 5. The van der Waals surface area contributed by atoms with Crippen LogP contribution in [-0.2, 0) is 9.53 Å². The van der Waals surface area contributed by atoms with Gasteiger partial charge in [-0.05, 0) is 49.5 Å². The summed E-state index contributed by atoms with van der Waals surface area (Å²) < 4.78 is 5.27. The summed E-state index contributed by atoms with van der Waals surface area (Å²) in [5, 5.41) is 5.24. The van der Waals surface area contributed by atoms with Crippen molar-refractivity contribution < 1.29 is 19.1 Å². The predicted molar refractivity (Wildman–Crippen MR) is 119 cm³/mol. The molecule has 0 spiro atoms. The molecule has 0 radical (unpaired) electrons. The third-order valence-electron chi connectivity index (χ3n) is 4.38. The summed E-state index contributed by atoms with van der Waals surface area (Å²) in [6.45, 7) is 6.82. The fourth-order valence-corrected chi connectivity index (χ4v) is 2.64. The van der Waals surface area contributed by atoms with Crippen molar-refractivity contribution >= 4 is 35.9 Å². The quantitative estimate of drug-likeness (QED) is 0.562. The van der Waals surface area contributed by atoms with Crippen molar-refractivity contribution in [1.29, 1.82) is 0 Å². The van der Waals surface area contributed by atoms with Gasteiger partial charge in [0.05, 0.1) is 12.1 Å². The summed E-state index contributed by atoms with van der Waals surface area (Å²) in [5.74, 6) is -1.07. The fourth-order valence-electron chi connectivity index (χ4n) is 2.64. The first kappa shape index (κ1) is 25.1. The van der Waals surface area contributed by atoms with Crippen LogP contribution in [0.1, 0.15) is 34.6 Å². The zero-order chi connectivity index (χ0) is 21.1. The highest BCUT2D eigenvalue weighted by atomic mass is 35.5. The summed E-state index contributed by atoms with van der Waals surface area (Å²) in [5.41, 5.74) is 1.44. The molecule has 2 rings (SSSR count). The molecule has 0 atom stereocenters. The summed E-state index contributed by atoms with van der Waals surface area (Å²) >= 11 is 0. The van der Waals surface area contributed by atoms with Crippen molar-refractivity contribution in [2.24, 2.45) is 0 Å². The molecule has 0 aliphatic heterocycles. The molecule has 0 saturated heterocycles. The first-order valence-electron chi connectivity index (χ1n) is 9.66. The van der Waals surface area contributed by atoms with E-state index < -0.39 is 5.97 Å². The van der Waals surface area contributed by atoms with Gasteiger partial charge >= 0.3 is 5.97 Å². The Bertz CT molecular complexity index is 809. The number of benzene rings is 2. The van der Waals surface area contributed by atoms with E-state index in [9.17, 15) is 14.4 Å². The van der Waals surface area contributed by atoms with Gasteiger partial charge in [-0.15, -0.1) is 12.4 Å². The Morgan fingerprint density at radius 3 is 2.13 bits per heavy atom. The first-order valence-corrected chi connectivity index (χ1v) is 9.66. The highest BCUT2D eigenvalue weighted by molar-refractivity contribution is 5.99. The van der Waals surface area contributed by atoms with Gasteiger partial charge in [-0.3, -0.25) is 9.59 Å². The Kier molecular flexibility index (Phi) is 11.2. The average molecular weight is 434 g/mol. The Hall–Kier alpha value is -2.90. The van der Waals surface area contributed by atoms with Gasteiger partial charge in [0.25, 0.3) is 5.91 Å². The average Bonchev–Trinajstić information content (AvgIpc) is 2.76. The molecule has 30 heavy (non-hydrogen) atoms. The van der Waals surface area contributed by atoms with E-state index in [1.807, 2.05) is 6.07 Å². The van der Waals surface area contributed by atoms with Gasteiger partial charge in [-0.1, -0.05) is 32.0 Å². The Morgan fingerprint density at radius 1 is 0.900 bits per heavy atom. The van der Waals surface area contributed by atoms with Crippen LogP contribution in [0.4, 0.5) is 5.69 Å². The zero-order valence-corrected chi connectivity index (χ0v) is 18.0. The molecule has 0 bridgehead atoms. The minimum atomic E-state index is -0.398. The number of esters is 1. The first-order chi connectivity index (χ1) is 14.0. The number of nitrogens with zero attached hydrogens (tertiary/aromatic N) is 1. The number of carbonyl (C=O) groups excluding carboxylic acids is 3. The highest BCUT2D eigenvalue weighted by Crippen LogP contribution is 2.10. The van der Waals surface area contributed by atoms with Crippen molar-refractivity contribution in [3.05, 3.63) is 65.7 Å². The molecule has 2 aromatic carbocycles. The van der Waals surface area contributed by atoms with Crippen molar-refractivity contribution in [2.45, 2.75) is 13.8 Å². The number of ether oxygens (including phenoxy) is 1. The fraction of sp³-hybridized carbons (Fsp3) is 0.318. The number of hydrogen-bond donors (Lipinski definition) is 2. The normalized spacial score (nSPS) is 10.1. The summed E-state index contributed by atoms with van der Waals surface area (Å²) in [6, 6.07) is 15.1. The van der Waals surface area contributed by atoms with Crippen LogP contribution in [0.15, 0.2) is 54.6 Å². The van der Waals surface area contributed by atoms with Gasteiger partial charge in [0.1, 0.15) is 6.61 Å². The second kappa shape index (κ2) is 13.3. The van der Waals surface area contributed by atoms with Gasteiger partial charge < -0.3 is 20.3 Å². The standard InChI is InChI=1S/C22H27N3O4.ClH/c1-3-25(4-2)14-15-29-22(28)18-10-12-19(13-11-18)24-20(26)16-23-21(27)17-8-6-5-7-9-17;/h5-13H,3-4,14-16H2,1-2H3,(H,23,27)(H,24,26);1H. The van der Waals surface area contributed by atoms with Crippen LogP contribution in [0.3, 0.4) is 0 Å². The molecule has 0 aromatic heterocycles. The van der Waals surface area contributed by atoms with Crippen LogP contribution < -0.4 is 10.6 Å². The number of nitrogens with one attached hydrogen (secondary N) is 2. The van der Waals surface area contributed by atoms with Gasteiger partial charge in [-0.25, -0.2) is 4.79 Å². The number of carbonyl (C=O) groups is 3.